The van der Waals surface area contributed by atoms with E-state index in [1.807, 2.05) is 0 Å². The summed E-state index contributed by atoms with van der Waals surface area (Å²) in [4.78, 5) is 46.3. The summed E-state index contributed by atoms with van der Waals surface area (Å²) in [5, 5.41) is 4.16. The normalized spacial score (nSPS) is 23.7. The predicted octanol–water partition coefficient (Wildman–Crippen LogP) is 1.30. The van der Waals surface area contributed by atoms with Crippen molar-refractivity contribution in [3.8, 4) is 0 Å². The second-order valence-corrected chi connectivity index (χ2v) is 5.15. The van der Waals surface area contributed by atoms with Crippen molar-refractivity contribution in [2.75, 3.05) is 0 Å². The average molecular weight is 288 g/mol. The molecule has 0 radical (unpaired) electrons. The highest BCUT2D eigenvalue weighted by Crippen LogP contribution is 2.28. The smallest absolute Gasteiger partial charge is 0.377 e. The van der Waals surface area contributed by atoms with E-state index in [2.05, 4.69) is 5.16 Å². The second kappa shape index (κ2) is 4.41. The monoisotopic (exact) mass is 288 g/mol. The Morgan fingerprint density at radius 2 is 1.86 bits per heavy atom. The van der Waals surface area contributed by atoms with E-state index in [1.54, 1.807) is 19.1 Å². The molecule has 2 amide bonds. The van der Waals surface area contributed by atoms with E-state index in [0.717, 1.165) is 0 Å². The van der Waals surface area contributed by atoms with Crippen LogP contribution in [0.3, 0.4) is 0 Å². The van der Waals surface area contributed by atoms with Crippen LogP contribution >= 0.6 is 0 Å². The standard InChI is InChI=1S/C14H12N2O5/c1-8-7-14(2,21-15-8)13(19)20-16-11(17)9-5-3-4-6-10(9)12(16)18/h3-6H,7H2,1-2H3. The summed E-state index contributed by atoms with van der Waals surface area (Å²) >= 11 is 0. The van der Waals surface area contributed by atoms with Crippen LogP contribution in [0.2, 0.25) is 0 Å². The van der Waals surface area contributed by atoms with Gasteiger partial charge in [-0.15, -0.1) is 0 Å². The molecule has 7 heteroatoms. The second-order valence-electron chi connectivity index (χ2n) is 5.15. The molecule has 0 aliphatic carbocycles. The number of hydrogen-bond acceptors (Lipinski definition) is 6. The number of imide groups is 1. The molecular formula is C14H12N2O5. The number of carbonyl (C=O) groups is 3. The summed E-state index contributed by atoms with van der Waals surface area (Å²) in [6, 6.07) is 6.27. The van der Waals surface area contributed by atoms with E-state index in [4.69, 9.17) is 9.68 Å². The van der Waals surface area contributed by atoms with Gasteiger partial charge in [-0.05, 0) is 26.0 Å². The number of oxime groups is 1. The summed E-state index contributed by atoms with van der Waals surface area (Å²) in [6.07, 6.45) is 0.245. The largest absolute Gasteiger partial charge is 0.379 e. The van der Waals surface area contributed by atoms with Gasteiger partial charge in [0, 0.05) is 6.42 Å². The van der Waals surface area contributed by atoms with Gasteiger partial charge in [-0.3, -0.25) is 9.59 Å². The van der Waals surface area contributed by atoms with Crippen molar-refractivity contribution in [1.82, 2.24) is 5.06 Å². The summed E-state index contributed by atoms with van der Waals surface area (Å²) in [7, 11) is 0. The van der Waals surface area contributed by atoms with E-state index in [1.165, 1.54) is 19.1 Å². The number of hydroxylamine groups is 2. The number of nitrogens with zero attached hydrogens (tertiary/aromatic N) is 2. The fourth-order valence-corrected chi connectivity index (χ4v) is 2.27. The van der Waals surface area contributed by atoms with E-state index < -0.39 is 23.4 Å². The fourth-order valence-electron chi connectivity index (χ4n) is 2.27. The minimum absolute atomic E-state index is 0.209. The molecule has 21 heavy (non-hydrogen) atoms. The first-order chi connectivity index (χ1) is 9.92. The number of fused-ring (bicyclic) bond motifs is 1. The molecule has 2 aliphatic rings. The van der Waals surface area contributed by atoms with Crippen LogP contribution in [0.15, 0.2) is 29.4 Å². The SMILES string of the molecule is CC1=NOC(C)(C(=O)ON2C(=O)c3ccccc3C2=O)C1. The Bertz CT molecular complexity index is 661. The third-order valence-electron chi connectivity index (χ3n) is 3.36. The molecule has 108 valence electrons. The molecule has 0 fully saturated rings. The molecule has 0 saturated heterocycles. The van der Waals surface area contributed by atoms with Crippen LogP contribution in [-0.4, -0.2) is 34.2 Å². The molecule has 0 spiro atoms. The third kappa shape index (κ3) is 1.97. The zero-order chi connectivity index (χ0) is 15.2. The zero-order valence-electron chi connectivity index (χ0n) is 11.5. The molecule has 3 rings (SSSR count). The van der Waals surface area contributed by atoms with Crippen molar-refractivity contribution in [2.24, 2.45) is 5.16 Å². The minimum atomic E-state index is -1.32. The van der Waals surface area contributed by atoms with Gasteiger partial charge < -0.3 is 9.68 Å². The van der Waals surface area contributed by atoms with Crippen molar-refractivity contribution in [3.05, 3.63) is 35.4 Å². The van der Waals surface area contributed by atoms with Crippen molar-refractivity contribution in [1.29, 1.82) is 0 Å². The van der Waals surface area contributed by atoms with E-state index in [0.29, 0.717) is 10.8 Å². The van der Waals surface area contributed by atoms with Crippen molar-refractivity contribution < 1.29 is 24.1 Å². The molecule has 7 nitrogen and oxygen atoms in total. The highest BCUT2D eigenvalue weighted by atomic mass is 16.8. The fraction of sp³-hybridized carbons (Fsp3) is 0.286. The Morgan fingerprint density at radius 3 is 2.33 bits per heavy atom. The van der Waals surface area contributed by atoms with Crippen LogP contribution in [0.1, 0.15) is 41.0 Å². The van der Waals surface area contributed by atoms with Gasteiger partial charge in [0.25, 0.3) is 11.8 Å². The van der Waals surface area contributed by atoms with Gasteiger partial charge in [-0.2, -0.15) is 0 Å². The number of benzene rings is 1. The maximum Gasteiger partial charge on any atom is 0.379 e. The number of carbonyl (C=O) groups excluding carboxylic acids is 3. The van der Waals surface area contributed by atoms with Gasteiger partial charge in [0.15, 0.2) is 0 Å². The van der Waals surface area contributed by atoms with Crippen LogP contribution in [-0.2, 0) is 14.5 Å². The zero-order valence-corrected chi connectivity index (χ0v) is 11.5. The Kier molecular flexibility index (Phi) is 2.79. The van der Waals surface area contributed by atoms with E-state index in [-0.39, 0.29) is 17.5 Å². The lowest BCUT2D eigenvalue weighted by atomic mass is 10.0. The minimum Gasteiger partial charge on any atom is -0.377 e. The van der Waals surface area contributed by atoms with E-state index in [9.17, 15) is 14.4 Å². The van der Waals surface area contributed by atoms with Crippen LogP contribution in [0.25, 0.3) is 0 Å². The van der Waals surface area contributed by atoms with E-state index >= 15 is 0 Å². The molecule has 1 aromatic carbocycles. The predicted molar refractivity (Wildman–Crippen MR) is 70.3 cm³/mol. The molecule has 0 bridgehead atoms. The van der Waals surface area contributed by atoms with Crippen LogP contribution in [0, 0.1) is 0 Å². The maximum absolute atomic E-state index is 12.1. The third-order valence-corrected chi connectivity index (χ3v) is 3.36. The molecule has 0 N–H and O–H groups in total. The first kappa shape index (κ1) is 13.3. The molecule has 1 aromatic rings. The van der Waals surface area contributed by atoms with Crippen LogP contribution in [0.5, 0.6) is 0 Å². The van der Waals surface area contributed by atoms with Crippen LogP contribution in [0.4, 0.5) is 0 Å². The Balaban J connectivity index is 1.80. The Hall–Kier alpha value is -2.70. The molecule has 0 aromatic heterocycles. The van der Waals surface area contributed by atoms with Gasteiger partial charge in [-0.1, -0.05) is 22.4 Å². The lowest BCUT2D eigenvalue weighted by Gasteiger charge is -2.21. The summed E-state index contributed by atoms with van der Waals surface area (Å²) in [5.41, 5.74) is -0.267. The first-order valence-corrected chi connectivity index (χ1v) is 6.34. The molecular weight excluding hydrogens is 276 g/mol. The highest BCUT2D eigenvalue weighted by Gasteiger charge is 2.47. The number of amides is 2. The van der Waals surface area contributed by atoms with Gasteiger partial charge >= 0.3 is 5.97 Å². The topological polar surface area (TPSA) is 85.3 Å². The molecule has 2 heterocycles. The highest BCUT2D eigenvalue weighted by molar-refractivity contribution is 6.21. The van der Waals surface area contributed by atoms with Gasteiger partial charge in [0.2, 0.25) is 5.60 Å². The maximum atomic E-state index is 12.1. The average Bonchev–Trinajstić information content (AvgIpc) is 2.93. The van der Waals surface area contributed by atoms with Crippen molar-refractivity contribution in [2.45, 2.75) is 25.9 Å². The number of rotatable bonds is 2. The Morgan fingerprint density at radius 1 is 1.29 bits per heavy atom. The summed E-state index contributed by atoms with van der Waals surface area (Å²) in [6.45, 7) is 3.20. The quantitative estimate of drug-likeness (QED) is 0.766. The first-order valence-electron chi connectivity index (χ1n) is 6.34. The molecule has 1 atom stereocenters. The van der Waals surface area contributed by atoms with Gasteiger partial charge in [0.1, 0.15) is 0 Å². The van der Waals surface area contributed by atoms with Gasteiger partial charge in [-0.25, -0.2) is 4.79 Å². The number of hydrogen-bond donors (Lipinski definition) is 0. The van der Waals surface area contributed by atoms with Crippen LogP contribution < -0.4 is 0 Å². The molecule has 1 unspecified atom stereocenters. The Labute approximate surface area is 120 Å². The van der Waals surface area contributed by atoms with Crippen molar-refractivity contribution in [3.63, 3.8) is 0 Å². The molecule has 2 aliphatic heterocycles. The molecule has 0 saturated carbocycles. The summed E-state index contributed by atoms with van der Waals surface area (Å²) in [5.74, 6) is -2.16. The van der Waals surface area contributed by atoms with Crippen molar-refractivity contribution >= 4 is 23.5 Å². The van der Waals surface area contributed by atoms with Gasteiger partial charge in [0.05, 0.1) is 16.8 Å². The lowest BCUT2D eigenvalue weighted by molar-refractivity contribution is -0.191. The summed E-state index contributed by atoms with van der Waals surface area (Å²) < 4.78 is 0. The lowest BCUT2D eigenvalue weighted by Crippen LogP contribution is -2.43.